The molecule has 0 spiro atoms. The van der Waals surface area contributed by atoms with E-state index < -0.39 is 63.2 Å². The maximum atomic E-state index is 13.9. The van der Waals surface area contributed by atoms with Crippen molar-refractivity contribution < 1.29 is 26.8 Å². The molecule has 1 aromatic carbocycles. The van der Waals surface area contributed by atoms with Crippen LogP contribution in [0.15, 0.2) is 47.5 Å². The molecule has 0 unspecified atom stereocenters. The highest BCUT2D eigenvalue weighted by molar-refractivity contribution is 7.92. The van der Waals surface area contributed by atoms with E-state index in [2.05, 4.69) is 16.4 Å². The Morgan fingerprint density at radius 1 is 1.11 bits per heavy atom. The Labute approximate surface area is 220 Å². The molecule has 3 fully saturated rings. The number of alkyl halides is 2. The van der Waals surface area contributed by atoms with E-state index in [1.807, 2.05) is 13.0 Å². The fourth-order valence-electron chi connectivity index (χ4n) is 5.45. The van der Waals surface area contributed by atoms with Crippen molar-refractivity contribution in [2.45, 2.75) is 60.6 Å². The molecule has 0 bridgehead atoms. The molecule has 3 atom stereocenters. The Balaban J connectivity index is 1.43. The molecule has 2 aromatic rings. The lowest BCUT2D eigenvalue weighted by atomic mass is 9.93. The minimum absolute atomic E-state index is 0.0603. The summed E-state index contributed by atoms with van der Waals surface area (Å²) in [5.74, 6) is -6.32. The first-order chi connectivity index (χ1) is 17.9. The molecule has 3 aliphatic rings. The van der Waals surface area contributed by atoms with Gasteiger partial charge in [0.1, 0.15) is 5.54 Å². The predicted molar refractivity (Wildman–Crippen MR) is 133 cm³/mol. The minimum Gasteiger partial charge on any atom is -0.338 e. The average molecular weight is 543 g/mol. The van der Waals surface area contributed by atoms with Gasteiger partial charge in [0.25, 0.3) is 5.92 Å². The summed E-state index contributed by atoms with van der Waals surface area (Å²) in [6.45, 7) is 0.937. The summed E-state index contributed by atoms with van der Waals surface area (Å²) in [5.41, 5.74) is 1.26. The maximum Gasteiger partial charge on any atom is 0.267 e. The lowest BCUT2D eigenvalue weighted by Crippen LogP contribution is -2.45. The van der Waals surface area contributed by atoms with E-state index in [1.54, 1.807) is 30.5 Å². The first kappa shape index (κ1) is 26.2. The van der Waals surface area contributed by atoms with E-state index in [9.17, 15) is 32.0 Å². The van der Waals surface area contributed by atoms with E-state index in [0.29, 0.717) is 18.4 Å². The van der Waals surface area contributed by atoms with Crippen LogP contribution in [0.3, 0.4) is 0 Å². The van der Waals surface area contributed by atoms with E-state index >= 15 is 0 Å². The van der Waals surface area contributed by atoms with Crippen molar-refractivity contribution in [3.8, 4) is 17.2 Å². The van der Waals surface area contributed by atoms with Gasteiger partial charge in [0, 0.05) is 24.9 Å². The van der Waals surface area contributed by atoms with Gasteiger partial charge in [0.05, 0.1) is 34.6 Å². The zero-order chi connectivity index (χ0) is 27.3. The predicted octanol–water partition coefficient (Wildman–Crippen LogP) is 3.27. The highest BCUT2D eigenvalue weighted by Gasteiger charge is 2.53. The number of pyridine rings is 1. The van der Waals surface area contributed by atoms with Gasteiger partial charge in [-0.1, -0.05) is 12.1 Å². The summed E-state index contributed by atoms with van der Waals surface area (Å²) in [6, 6.07) is 12.1. The number of amides is 2. The lowest BCUT2D eigenvalue weighted by molar-refractivity contribution is -0.141. The molecule has 5 rings (SSSR count). The van der Waals surface area contributed by atoms with Gasteiger partial charge >= 0.3 is 0 Å². The van der Waals surface area contributed by atoms with Gasteiger partial charge in [-0.15, -0.1) is 0 Å². The number of carbonyl (C=O) groups is 2. The summed E-state index contributed by atoms with van der Waals surface area (Å²) in [7, 11) is -3.97. The van der Waals surface area contributed by atoms with Crippen LogP contribution in [-0.4, -0.2) is 59.9 Å². The number of nitrogens with one attached hydrogen (secondary N) is 1. The van der Waals surface area contributed by atoms with Crippen molar-refractivity contribution in [1.82, 2.24) is 15.2 Å². The second-order valence-corrected chi connectivity index (χ2v) is 12.8. The number of benzene rings is 1. The zero-order valence-corrected chi connectivity index (χ0v) is 21.7. The average Bonchev–Trinajstić information content (AvgIpc) is 3.33. The molecule has 2 saturated carbocycles. The third-order valence-corrected chi connectivity index (χ3v) is 9.99. The van der Waals surface area contributed by atoms with Gasteiger partial charge in [0.2, 0.25) is 11.8 Å². The second kappa shape index (κ2) is 9.42. The number of sulfone groups is 1. The number of aromatic nitrogens is 1. The highest BCUT2D eigenvalue weighted by Crippen LogP contribution is 2.43. The molecule has 2 heterocycles. The third kappa shape index (κ3) is 5.01. The van der Waals surface area contributed by atoms with E-state index in [0.717, 1.165) is 16.2 Å². The molecule has 200 valence electrons. The van der Waals surface area contributed by atoms with Gasteiger partial charge in [-0.3, -0.25) is 14.6 Å². The molecule has 11 heteroatoms. The number of hydrogen-bond donors (Lipinski definition) is 1. The fourth-order valence-corrected chi connectivity index (χ4v) is 7.32. The Kier molecular flexibility index (Phi) is 6.50. The zero-order valence-electron chi connectivity index (χ0n) is 20.9. The topological polar surface area (TPSA) is 120 Å². The highest BCUT2D eigenvalue weighted by atomic mass is 32.2. The fraction of sp³-hybridized carbons (Fsp3) is 0.481. The van der Waals surface area contributed by atoms with Gasteiger partial charge in [-0.2, -0.15) is 5.26 Å². The summed E-state index contributed by atoms with van der Waals surface area (Å²) in [4.78, 5) is 31.8. The maximum absolute atomic E-state index is 13.9. The molecule has 1 aliphatic heterocycles. The molecule has 2 amide bonds. The monoisotopic (exact) mass is 542 g/mol. The van der Waals surface area contributed by atoms with Crippen molar-refractivity contribution in [1.29, 1.82) is 5.26 Å². The normalized spacial score (nSPS) is 25.5. The Bertz CT molecular complexity index is 1430. The number of aryl methyl sites for hydroxylation is 1. The summed E-state index contributed by atoms with van der Waals surface area (Å²) < 4.78 is 55.2. The van der Waals surface area contributed by atoms with E-state index in [1.165, 1.54) is 6.07 Å². The molecule has 1 aromatic heterocycles. The molecule has 2 aliphatic carbocycles. The van der Waals surface area contributed by atoms with Crippen molar-refractivity contribution in [2.75, 3.05) is 13.1 Å². The second-order valence-electron chi connectivity index (χ2n) is 10.6. The smallest absolute Gasteiger partial charge is 0.267 e. The van der Waals surface area contributed by atoms with Crippen molar-refractivity contribution in [3.05, 3.63) is 48.3 Å². The molecule has 38 heavy (non-hydrogen) atoms. The quantitative estimate of drug-likeness (QED) is 0.598. The molecule has 8 nitrogen and oxygen atoms in total. The number of nitriles is 1. The molecule has 1 N–H and O–H groups in total. The van der Waals surface area contributed by atoms with Crippen LogP contribution in [-0.2, 0) is 19.4 Å². The van der Waals surface area contributed by atoms with Crippen LogP contribution in [0.2, 0.25) is 0 Å². The number of likely N-dealkylation sites (tertiary alicyclic amines) is 1. The van der Waals surface area contributed by atoms with Crippen molar-refractivity contribution in [3.63, 3.8) is 0 Å². The van der Waals surface area contributed by atoms with Gasteiger partial charge in [-0.25, -0.2) is 17.2 Å². The molecular formula is C27H28F2N4O4S. The van der Waals surface area contributed by atoms with Crippen molar-refractivity contribution in [2.24, 2.45) is 11.8 Å². The standard InChI is InChI=1S/C27H28F2N4O4S/c1-17-11-19(5-9-31-17)18-3-2-4-20(12-18)38(36,37)21-13-22(24(34)32-26(15-30)6-7-26)23(14-21)25(35)33-10-8-27(28,29)16-33/h2-5,9,11-12,21-23H,6-8,10,13-14,16H2,1H3,(H,32,34)/t21-,22-,23-/m1/s1. The lowest BCUT2D eigenvalue weighted by Gasteiger charge is -2.24. The van der Waals surface area contributed by atoms with Crippen LogP contribution in [0.5, 0.6) is 0 Å². The number of halogens is 2. The third-order valence-electron chi connectivity index (χ3n) is 7.81. The molecular weight excluding hydrogens is 514 g/mol. The number of nitrogens with zero attached hydrogens (tertiary/aromatic N) is 3. The summed E-state index contributed by atoms with van der Waals surface area (Å²) in [6.07, 6.45) is 1.83. The van der Waals surface area contributed by atoms with E-state index in [-0.39, 0.29) is 24.3 Å². The summed E-state index contributed by atoms with van der Waals surface area (Å²) >= 11 is 0. The van der Waals surface area contributed by atoms with Crippen LogP contribution in [0.1, 0.15) is 37.8 Å². The number of rotatable bonds is 6. The van der Waals surface area contributed by atoms with Crippen LogP contribution in [0, 0.1) is 30.1 Å². The number of hydrogen-bond acceptors (Lipinski definition) is 6. The van der Waals surface area contributed by atoms with Gasteiger partial charge in [0.15, 0.2) is 9.84 Å². The summed E-state index contributed by atoms with van der Waals surface area (Å²) in [5, 5.41) is 11.0. The first-order valence-corrected chi connectivity index (χ1v) is 14.1. The van der Waals surface area contributed by atoms with Gasteiger partial charge < -0.3 is 10.2 Å². The van der Waals surface area contributed by atoms with Crippen LogP contribution in [0.4, 0.5) is 8.78 Å². The first-order valence-electron chi connectivity index (χ1n) is 12.6. The largest absolute Gasteiger partial charge is 0.338 e. The molecule has 1 saturated heterocycles. The van der Waals surface area contributed by atoms with Crippen LogP contribution >= 0.6 is 0 Å². The van der Waals surface area contributed by atoms with Gasteiger partial charge in [-0.05, 0) is 68.0 Å². The van der Waals surface area contributed by atoms with Crippen LogP contribution < -0.4 is 5.32 Å². The van der Waals surface area contributed by atoms with Crippen molar-refractivity contribution >= 4 is 21.7 Å². The molecule has 0 radical (unpaired) electrons. The Morgan fingerprint density at radius 2 is 1.82 bits per heavy atom. The SMILES string of the molecule is Cc1cc(-c2cccc(S(=O)(=O)[C@@H]3C[C@@H](C(=O)NC4(C#N)CC4)[C@H](C(=O)N4CCC(F)(F)C4)C3)c2)ccn1. The minimum atomic E-state index is -3.97. The Morgan fingerprint density at radius 3 is 2.45 bits per heavy atom. The number of carbonyl (C=O) groups excluding carboxylic acids is 2. The van der Waals surface area contributed by atoms with E-state index in [4.69, 9.17) is 0 Å². The Hall–Kier alpha value is -3.39. The van der Waals surface area contributed by atoms with Crippen LogP contribution in [0.25, 0.3) is 11.1 Å².